The molecule has 2 heterocycles. The average Bonchev–Trinajstić information content (AvgIpc) is 2.87. The van der Waals surface area contributed by atoms with Gasteiger partial charge in [0, 0.05) is 23.9 Å². The third-order valence-corrected chi connectivity index (χ3v) is 2.93. The summed E-state index contributed by atoms with van der Waals surface area (Å²) in [7, 11) is 0. The van der Waals surface area contributed by atoms with Crippen LogP contribution in [0.3, 0.4) is 0 Å². The number of hydrogen-bond donors (Lipinski definition) is 1. The normalized spacial score (nSPS) is 10.7. The van der Waals surface area contributed by atoms with E-state index in [1.165, 1.54) is 10.7 Å². The molecule has 0 radical (unpaired) electrons. The number of carbonyl (C=O) groups is 1. The lowest BCUT2D eigenvalue weighted by Crippen LogP contribution is -2.10. The van der Waals surface area contributed by atoms with Crippen LogP contribution in [-0.2, 0) is 12.8 Å². The molecule has 0 unspecified atom stereocenters. The van der Waals surface area contributed by atoms with Gasteiger partial charge < -0.3 is 5.11 Å². The molecule has 0 aliphatic carbocycles. The molecule has 0 fully saturated rings. The van der Waals surface area contributed by atoms with E-state index in [4.69, 9.17) is 5.11 Å². The van der Waals surface area contributed by atoms with Gasteiger partial charge in [-0.05, 0) is 19.4 Å². The molecule has 0 bridgehead atoms. The number of hydrogen-bond acceptors (Lipinski definition) is 4. The smallest absolute Gasteiger partial charge is 0.356 e. The number of carboxylic acids is 1. The van der Waals surface area contributed by atoms with Crippen molar-refractivity contribution in [2.75, 3.05) is 0 Å². The van der Waals surface area contributed by atoms with E-state index in [0.29, 0.717) is 5.82 Å². The van der Waals surface area contributed by atoms with Gasteiger partial charge in [0.25, 0.3) is 0 Å². The van der Waals surface area contributed by atoms with Crippen molar-refractivity contribution in [1.82, 2.24) is 19.7 Å². The van der Waals surface area contributed by atoms with Crippen LogP contribution in [0.2, 0.25) is 0 Å². The second-order valence-electron chi connectivity index (χ2n) is 4.19. The zero-order valence-electron chi connectivity index (χ0n) is 11.2. The van der Waals surface area contributed by atoms with Gasteiger partial charge in [-0.15, -0.1) is 0 Å². The quantitative estimate of drug-likeness (QED) is 0.906. The minimum absolute atomic E-state index is 0.0105. The van der Waals surface area contributed by atoms with E-state index in [-0.39, 0.29) is 5.69 Å². The Morgan fingerprint density at radius 2 is 2.05 bits per heavy atom. The molecule has 0 atom stereocenters. The Bertz CT molecular complexity index is 619. The van der Waals surface area contributed by atoms with Crippen LogP contribution in [0.25, 0.3) is 5.82 Å². The summed E-state index contributed by atoms with van der Waals surface area (Å²) in [5.74, 6) is 0.356. The molecule has 2 aromatic rings. The van der Waals surface area contributed by atoms with Crippen molar-refractivity contribution in [3.8, 4) is 5.82 Å². The Labute approximate surface area is 111 Å². The average molecular weight is 260 g/mol. The van der Waals surface area contributed by atoms with Crippen LogP contribution in [0.5, 0.6) is 0 Å². The molecule has 0 aliphatic rings. The maximum Gasteiger partial charge on any atom is 0.356 e. The van der Waals surface area contributed by atoms with Gasteiger partial charge in [0.1, 0.15) is 5.82 Å². The summed E-state index contributed by atoms with van der Waals surface area (Å²) in [4.78, 5) is 19.8. The third kappa shape index (κ3) is 2.47. The molecule has 0 aromatic carbocycles. The first-order valence-corrected chi connectivity index (χ1v) is 6.22. The number of nitrogens with zero attached hydrogens (tertiary/aromatic N) is 4. The molecular formula is C13H16N4O2. The van der Waals surface area contributed by atoms with Crippen molar-refractivity contribution in [3.05, 3.63) is 35.0 Å². The fourth-order valence-corrected chi connectivity index (χ4v) is 1.96. The van der Waals surface area contributed by atoms with E-state index >= 15 is 0 Å². The number of aryl methyl sites for hydroxylation is 2. The Morgan fingerprint density at radius 3 is 2.58 bits per heavy atom. The molecule has 19 heavy (non-hydrogen) atoms. The maximum absolute atomic E-state index is 10.9. The summed E-state index contributed by atoms with van der Waals surface area (Å²) in [6.45, 7) is 5.93. The molecule has 0 saturated carbocycles. The van der Waals surface area contributed by atoms with E-state index in [9.17, 15) is 4.79 Å². The highest BCUT2D eigenvalue weighted by Gasteiger charge is 2.14. The second-order valence-corrected chi connectivity index (χ2v) is 4.19. The molecule has 6 heteroatoms. The van der Waals surface area contributed by atoms with Crippen molar-refractivity contribution in [2.45, 2.75) is 33.6 Å². The fraction of sp³-hybridized carbons (Fsp3) is 0.385. The molecule has 0 saturated heterocycles. The second kappa shape index (κ2) is 5.17. The highest BCUT2D eigenvalue weighted by molar-refractivity contribution is 5.85. The predicted molar refractivity (Wildman–Crippen MR) is 69.6 cm³/mol. The van der Waals surface area contributed by atoms with Gasteiger partial charge >= 0.3 is 5.97 Å². The van der Waals surface area contributed by atoms with Gasteiger partial charge in [-0.3, -0.25) is 0 Å². The summed E-state index contributed by atoms with van der Waals surface area (Å²) in [5, 5.41) is 13.0. The monoisotopic (exact) mass is 260 g/mol. The third-order valence-electron chi connectivity index (χ3n) is 2.93. The number of aromatic carboxylic acids is 1. The Balaban J connectivity index is 2.58. The first-order valence-electron chi connectivity index (χ1n) is 6.22. The van der Waals surface area contributed by atoms with Crippen LogP contribution in [0.15, 0.2) is 12.3 Å². The molecule has 6 nitrogen and oxygen atoms in total. The zero-order chi connectivity index (χ0) is 14.0. The lowest BCUT2D eigenvalue weighted by atomic mass is 10.1. The van der Waals surface area contributed by atoms with Gasteiger partial charge in [-0.2, -0.15) is 5.10 Å². The minimum atomic E-state index is -1.04. The highest BCUT2D eigenvalue weighted by Crippen LogP contribution is 2.16. The Morgan fingerprint density at radius 1 is 1.32 bits per heavy atom. The number of rotatable bonds is 4. The topological polar surface area (TPSA) is 80.9 Å². The number of aromatic nitrogens is 4. The van der Waals surface area contributed by atoms with Crippen molar-refractivity contribution in [3.63, 3.8) is 0 Å². The molecule has 0 amide bonds. The summed E-state index contributed by atoms with van der Waals surface area (Å²) >= 11 is 0. The van der Waals surface area contributed by atoms with Gasteiger partial charge in [-0.25, -0.2) is 19.4 Å². The SMILES string of the molecule is CCc1nc(C)c(CC)c(-n2ccc(C(=O)O)n2)n1. The number of carboxylic acid groups (broad SMARTS) is 1. The largest absolute Gasteiger partial charge is 0.476 e. The molecule has 1 N–H and O–H groups in total. The molecule has 0 aliphatic heterocycles. The molecular weight excluding hydrogens is 244 g/mol. The summed E-state index contributed by atoms with van der Waals surface area (Å²) in [6.07, 6.45) is 3.11. The minimum Gasteiger partial charge on any atom is -0.476 e. The standard InChI is InChI=1S/C13H16N4O2/c1-4-9-8(3)14-11(5-2)15-12(9)17-7-6-10(16-17)13(18)19/h6-7H,4-5H2,1-3H3,(H,18,19). The first-order chi connectivity index (χ1) is 9.06. The van der Waals surface area contributed by atoms with Crippen LogP contribution >= 0.6 is 0 Å². The van der Waals surface area contributed by atoms with E-state index in [1.54, 1.807) is 6.20 Å². The van der Waals surface area contributed by atoms with Crippen LogP contribution in [0, 0.1) is 6.92 Å². The molecule has 0 spiro atoms. The van der Waals surface area contributed by atoms with Crippen LogP contribution in [0.4, 0.5) is 0 Å². The predicted octanol–water partition coefficient (Wildman–Crippen LogP) is 1.79. The van der Waals surface area contributed by atoms with E-state index < -0.39 is 5.97 Å². The Kier molecular flexibility index (Phi) is 3.59. The summed E-state index contributed by atoms with van der Waals surface area (Å²) in [6, 6.07) is 1.46. The van der Waals surface area contributed by atoms with Gasteiger partial charge in [0.05, 0.1) is 0 Å². The zero-order valence-corrected chi connectivity index (χ0v) is 11.2. The lowest BCUT2D eigenvalue weighted by molar-refractivity contribution is 0.0690. The van der Waals surface area contributed by atoms with E-state index in [2.05, 4.69) is 15.1 Å². The highest BCUT2D eigenvalue weighted by atomic mass is 16.4. The molecule has 2 aromatic heterocycles. The van der Waals surface area contributed by atoms with Crippen LogP contribution in [0.1, 0.15) is 41.4 Å². The van der Waals surface area contributed by atoms with Crippen molar-refractivity contribution < 1.29 is 9.90 Å². The molecule has 100 valence electrons. The van der Waals surface area contributed by atoms with E-state index in [0.717, 1.165) is 29.9 Å². The van der Waals surface area contributed by atoms with Gasteiger partial charge in [0.15, 0.2) is 11.5 Å². The summed E-state index contributed by atoms with van der Waals surface area (Å²) in [5.41, 5.74) is 1.91. The Hall–Kier alpha value is -2.24. The summed E-state index contributed by atoms with van der Waals surface area (Å²) < 4.78 is 1.51. The van der Waals surface area contributed by atoms with Crippen molar-refractivity contribution in [1.29, 1.82) is 0 Å². The van der Waals surface area contributed by atoms with Gasteiger partial charge in [-0.1, -0.05) is 13.8 Å². The van der Waals surface area contributed by atoms with Crippen LogP contribution in [-0.4, -0.2) is 30.8 Å². The van der Waals surface area contributed by atoms with Crippen molar-refractivity contribution >= 4 is 5.97 Å². The van der Waals surface area contributed by atoms with Gasteiger partial charge in [0.2, 0.25) is 0 Å². The van der Waals surface area contributed by atoms with Crippen molar-refractivity contribution in [2.24, 2.45) is 0 Å². The maximum atomic E-state index is 10.9. The van der Waals surface area contributed by atoms with E-state index in [1.807, 2.05) is 20.8 Å². The molecule has 2 rings (SSSR count). The lowest BCUT2D eigenvalue weighted by Gasteiger charge is -2.11. The fourth-order valence-electron chi connectivity index (χ4n) is 1.96. The first kappa shape index (κ1) is 13.2. The van der Waals surface area contributed by atoms with Crippen LogP contribution < -0.4 is 0 Å².